The number of rotatable bonds is 2. The zero-order valence-corrected chi connectivity index (χ0v) is 16.8. The lowest BCUT2D eigenvalue weighted by molar-refractivity contribution is -0.113. The molecule has 1 fully saturated rings. The van der Waals surface area contributed by atoms with Gasteiger partial charge in [0.1, 0.15) is 0 Å². The smallest absolute Gasteiger partial charge is 0.286 e. The summed E-state index contributed by atoms with van der Waals surface area (Å²) in [5, 5.41) is 2.14. The molecule has 0 aliphatic carbocycles. The second-order valence-electron chi connectivity index (χ2n) is 6.28. The molecule has 2 aromatic rings. The maximum absolute atomic E-state index is 12.3. The largest absolute Gasteiger partial charge is 0.368 e. The minimum Gasteiger partial charge on any atom is -0.368 e. The summed E-state index contributed by atoms with van der Waals surface area (Å²) in [5.41, 5.74) is 1.99. The SMILES string of the molecule is O=C1N=C(N2CCN(c3ccc(Cl)cc3)CC2)S/C1=C\c1ccccc1Cl. The number of hydrogen-bond donors (Lipinski definition) is 0. The van der Waals surface area contributed by atoms with Gasteiger partial charge in [0.2, 0.25) is 0 Å². The lowest BCUT2D eigenvalue weighted by Crippen LogP contribution is -2.47. The van der Waals surface area contributed by atoms with Crippen LogP contribution in [0.15, 0.2) is 58.4 Å². The van der Waals surface area contributed by atoms with Crippen LogP contribution in [0.2, 0.25) is 10.0 Å². The molecule has 0 bridgehead atoms. The molecule has 7 heteroatoms. The topological polar surface area (TPSA) is 35.9 Å². The van der Waals surface area contributed by atoms with Gasteiger partial charge in [-0.1, -0.05) is 41.4 Å². The molecule has 0 aromatic heterocycles. The summed E-state index contributed by atoms with van der Waals surface area (Å²) < 4.78 is 0. The van der Waals surface area contributed by atoms with Crippen molar-refractivity contribution in [3.8, 4) is 0 Å². The van der Waals surface area contributed by atoms with E-state index >= 15 is 0 Å². The van der Waals surface area contributed by atoms with Crippen LogP contribution in [-0.2, 0) is 4.79 Å². The van der Waals surface area contributed by atoms with Gasteiger partial charge < -0.3 is 9.80 Å². The lowest BCUT2D eigenvalue weighted by atomic mass is 10.2. The van der Waals surface area contributed by atoms with Gasteiger partial charge in [-0.25, -0.2) is 0 Å². The van der Waals surface area contributed by atoms with Crippen LogP contribution < -0.4 is 4.90 Å². The van der Waals surface area contributed by atoms with E-state index in [1.165, 1.54) is 11.8 Å². The number of piperazine rings is 1. The molecule has 4 nitrogen and oxygen atoms in total. The summed E-state index contributed by atoms with van der Waals surface area (Å²) in [6, 6.07) is 15.4. The fraction of sp³-hybridized carbons (Fsp3) is 0.200. The second kappa shape index (κ2) is 7.97. The average Bonchev–Trinajstić information content (AvgIpc) is 3.05. The highest BCUT2D eigenvalue weighted by Gasteiger charge is 2.28. The number of thioether (sulfide) groups is 1. The van der Waals surface area contributed by atoms with E-state index in [1.807, 2.05) is 54.6 Å². The zero-order chi connectivity index (χ0) is 18.8. The average molecular weight is 418 g/mol. The number of amidine groups is 1. The highest BCUT2D eigenvalue weighted by molar-refractivity contribution is 8.18. The number of benzene rings is 2. The van der Waals surface area contributed by atoms with E-state index in [1.54, 1.807) is 0 Å². The second-order valence-corrected chi connectivity index (χ2v) is 8.13. The molecule has 0 atom stereocenters. The summed E-state index contributed by atoms with van der Waals surface area (Å²) in [7, 11) is 0. The fourth-order valence-electron chi connectivity index (χ4n) is 3.07. The third-order valence-corrected chi connectivity index (χ3v) is 6.18. The number of aliphatic imine (C=N–C) groups is 1. The first-order valence-corrected chi connectivity index (χ1v) is 10.2. The monoisotopic (exact) mass is 417 g/mol. The molecule has 1 amide bonds. The van der Waals surface area contributed by atoms with E-state index in [4.69, 9.17) is 23.2 Å². The van der Waals surface area contributed by atoms with Crippen molar-refractivity contribution in [2.24, 2.45) is 4.99 Å². The molecule has 27 heavy (non-hydrogen) atoms. The Bertz CT molecular complexity index is 919. The van der Waals surface area contributed by atoms with Gasteiger partial charge >= 0.3 is 0 Å². The Labute approximate surface area is 172 Å². The summed E-state index contributed by atoms with van der Waals surface area (Å²) >= 11 is 13.6. The van der Waals surface area contributed by atoms with Crippen LogP contribution in [0.1, 0.15) is 5.56 Å². The quantitative estimate of drug-likeness (QED) is 0.658. The van der Waals surface area contributed by atoms with Crippen molar-refractivity contribution >= 4 is 57.8 Å². The number of hydrogen-bond acceptors (Lipinski definition) is 4. The molecule has 0 saturated carbocycles. The molecule has 2 aromatic carbocycles. The maximum Gasteiger partial charge on any atom is 0.286 e. The van der Waals surface area contributed by atoms with Crippen LogP contribution in [0, 0.1) is 0 Å². The normalized spacial score (nSPS) is 19.0. The molecule has 2 heterocycles. The van der Waals surface area contributed by atoms with Crippen molar-refractivity contribution in [3.63, 3.8) is 0 Å². The summed E-state index contributed by atoms with van der Waals surface area (Å²) in [4.78, 5) is 21.6. The number of nitrogens with zero attached hydrogens (tertiary/aromatic N) is 3. The van der Waals surface area contributed by atoms with E-state index < -0.39 is 0 Å². The Morgan fingerprint density at radius 2 is 1.59 bits per heavy atom. The predicted molar refractivity (Wildman–Crippen MR) is 115 cm³/mol. The van der Waals surface area contributed by atoms with Gasteiger partial charge in [0.15, 0.2) is 5.17 Å². The Hall–Kier alpha value is -1.95. The molecule has 0 spiro atoms. The van der Waals surface area contributed by atoms with Crippen LogP contribution in [0.5, 0.6) is 0 Å². The number of amides is 1. The number of carbonyl (C=O) groups is 1. The first-order valence-electron chi connectivity index (χ1n) is 8.63. The van der Waals surface area contributed by atoms with Crippen molar-refractivity contribution in [1.82, 2.24) is 4.90 Å². The molecule has 0 radical (unpaired) electrons. The van der Waals surface area contributed by atoms with Gasteiger partial charge in [0.25, 0.3) is 5.91 Å². The van der Waals surface area contributed by atoms with E-state index in [0.717, 1.165) is 47.6 Å². The van der Waals surface area contributed by atoms with Crippen LogP contribution in [0.25, 0.3) is 6.08 Å². The van der Waals surface area contributed by atoms with Gasteiger partial charge in [-0.3, -0.25) is 4.79 Å². The standard InChI is InChI=1S/C20H17Cl2N3OS/c21-15-5-7-16(8-6-15)24-9-11-25(12-10-24)20-23-19(26)18(27-20)13-14-3-1-2-4-17(14)22/h1-8,13H,9-12H2/b18-13-. The predicted octanol–water partition coefficient (Wildman–Crippen LogP) is 4.79. The summed E-state index contributed by atoms with van der Waals surface area (Å²) in [6.07, 6.45) is 1.82. The zero-order valence-electron chi connectivity index (χ0n) is 14.4. The molecular weight excluding hydrogens is 401 g/mol. The molecule has 1 saturated heterocycles. The maximum atomic E-state index is 12.3. The van der Waals surface area contributed by atoms with Crippen LogP contribution >= 0.6 is 35.0 Å². The van der Waals surface area contributed by atoms with Crippen LogP contribution in [-0.4, -0.2) is 42.2 Å². The Morgan fingerprint density at radius 1 is 0.926 bits per heavy atom. The van der Waals surface area contributed by atoms with Crippen molar-refractivity contribution in [1.29, 1.82) is 0 Å². The van der Waals surface area contributed by atoms with Crippen molar-refractivity contribution in [3.05, 3.63) is 69.0 Å². The lowest BCUT2D eigenvalue weighted by Gasteiger charge is -2.36. The van der Waals surface area contributed by atoms with Gasteiger partial charge in [-0.05, 0) is 53.7 Å². The minimum atomic E-state index is -0.199. The highest BCUT2D eigenvalue weighted by Crippen LogP contribution is 2.32. The first-order chi connectivity index (χ1) is 13.1. The van der Waals surface area contributed by atoms with E-state index in [2.05, 4.69) is 14.8 Å². The number of anilines is 1. The number of halogens is 2. The van der Waals surface area contributed by atoms with Crippen molar-refractivity contribution in [2.45, 2.75) is 0 Å². The Balaban J connectivity index is 1.41. The van der Waals surface area contributed by atoms with Gasteiger partial charge in [-0.2, -0.15) is 4.99 Å². The molecule has 138 valence electrons. The van der Waals surface area contributed by atoms with Crippen LogP contribution in [0.3, 0.4) is 0 Å². The summed E-state index contributed by atoms with van der Waals surface area (Å²) in [6.45, 7) is 3.39. The van der Waals surface area contributed by atoms with Gasteiger partial charge in [0, 0.05) is 41.9 Å². The Kier molecular flexibility index (Phi) is 5.43. The minimum absolute atomic E-state index is 0.199. The van der Waals surface area contributed by atoms with Crippen molar-refractivity contribution < 1.29 is 4.79 Å². The summed E-state index contributed by atoms with van der Waals surface area (Å²) in [5.74, 6) is -0.199. The van der Waals surface area contributed by atoms with Gasteiger partial charge in [-0.15, -0.1) is 0 Å². The molecule has 4 rings (SSSR count). The molecule has 0 N–H and O–H groups in total. The van der Waals surface area contributed by atoms with Gasteiger partial charge in [0.05, 0.1) is 4.91 Å². The van der Waals surface area contributed by atoms with E-state index in [9.17, 15) is 4.79 Å². The van der Waals surface area contributed by atoms with Crippen LogP contribution in [0.4, 0.5) is 5.69 Å². The third kappa shape index (κ3) is 4.15. The Morgan fingerprint density at radius 3 is 2.30 bits per heavy atom. The fourth-order valence-corrected chi connectivity index (χ4v) is 4.35. The highest BCUT2D eigenvalue weighted by atomic mass is 35.5. The van der Waals surface area contributed by atoms with E-state index in [-0.39, 0.29) is 5.91 Å². The van der Waals surface area contributed by atoms with E-state index in [0.29, 0.717) is 9.93 Å². The first kappa shape index (κ1) is 18.4. The molecule has 2 aliphatic heterocycles. The molecule has 2 aliphatic rings. The molecule has 0 unspecified atom stereocenters. The van der Waals surface area contributed by atoms with Crippen molar-refractivity contribution in [2.75, 3.05) is 31.1 Å². The molecular formula is C20H17Cl2N3OS. The number of carbonyl (C=O) groups excluding carboxylic acids is 1. The third-order valence-electron chi connectivity index (χ3n) is 4.54.